The lowest BCUT2D eigenvalue weighted by atomic mass is 9.97. The Bertz CT molecular complexity index is 700. The summed E-state index contributed by atoms with van der Waals surface area (Å²) in [5.41, 5.74) is 6.90. The van der Waals surface area contributed by atoms with Crippen molar-refractivity contribution < 1.29 is 9.59 Å². The number of nitrogens with two attached hydrogens (primary N) is 1. The van der Waals surface area contributed by atoms with Crippen molar-refractivity contribution in [3.8, 4) is 0 Å². The fraction of sp³-hybridized carbons (Fsp3) is 0.400. The Kier molecular flexibility index (Phi) is 4.31. The number of hydrogen-bond donors (Lipinski definition) is 1. The van der Waals surface area contributed by atoms with Crippen LogP contribution in [0, 0.1) is 5.92 Å². The van der Waals surface area contributed by atoms with E-state index >= 15 is 0 Å². The van der Waals surface area contributed by atoms with Crippen LogP contribution in [0.15, 0.2) is 30.6 Å². The third-order valence-electron chi connectivity index (χ3n) is 4.06. The number of carbonyl (C=O) groups is 2. The van der Waals surface area contributed by atoms with Crippen LogP contribution in [0.1, 0.15) is 22.3 Å². The summed E-state index contributed by atoms with van der Waals surface area (Å²) in [6.07, 6.45) is 3.21. The maximum atomic E-state index is 12.2. The summed E-state index contributed by atoms with van der Waals surface area (Å²) in [7, 11) is 0. The third-order valence-corrected chi connectivity index (χ3v) is 4.06. The molecule has 0 spiro atoms. The molecule has 0 bridgehead atoms. The van der Waals surface area contributed by atoms with Crippen LogP contribution in [0.4, 0.5) is 0 Å². The van der Waals surface area contributed by atoms with Gasteiger partial charge in [0, 0.05) is 18.7 Å². The molecule has 2 N–H and O–H groups in total. The Labute approximate surface area is 133 Å². The first-order valence-electron chi connectivity index (χ1n) is 7.49. The number of amides is 2. The highest BCUT2D eigenvalue weighted by molar-refractivity contribution is 5.92. The highest BCUT2D eigenvalue weighted by atomic mass is 16.2. The molecule has 8 nitrogen and oxygen atoms in total. The highest BCUT2D eigenvalue weighted by Gasteiger charge is 2.26. The number of likely N-dealkylation sites (tertiary alicyclic amines) is 1. The minimum Gasteiger partial charge on any atom is -0.366 e. The molecule has 1 saturated heterocycles. The normalized spacial score (nSPS) is 17.4. The zero-order valence-corrected chi connectivity index (χ0v) is 12.6. The summed E-state index contributed by atoms with van der Waals surface area (Å²) < 4.78 is 1.42. The van der Waals surface area contributed by atoms with Gasteiger partial charge >= 0.3 is 0 Å². The zero-order valence-electron chi connectivity index (χ0n) is 12.6. The molecule has 2 amide bonds. The Morgan fingerprint density at radius 3 is 2.96 bits per heavy atom. The van der Waals surface area contributed by atoms with E-state index in [4.69, 9.17) is 5.73 Å². The first-order valence-corrected chi connectivity index (χ1v) is 7.49. The van der Waals surface area contributed by atoms with Gasteiger partial charge in [0.05, 0.1) is 0 Å². The van der Waals surface area contributed by atoms with Crippen LogP contribution in [-0.4, -0.2) is 50.0 Å². The SMILES string of the molecule is NC(=O)c1cccc(C[C@@H]2CCN(C(=O)Cn3cnnn3)C2)c1. The van der Waals surface area contributed by atoms with E-state index in [1.165, 1.54) is 11.0 Å². The summed E-state index contributed by atoms with van der Waals surface area (Å²) >= 11 is 0. The van der Waals surface area contributed by atoms with Gasteiger partial charge < -0.3 is 10.6 Å². The molecule has 1 atom stereocenters. The van der Waals surface area contributed by atoms with Crippen molar-refractivity contribution in [3.63, 3.8) is 0 Å². The molecule has 0 unspecified atom stereocenters. The maximum Gasteiger partial charge on any atom is 0.248 e. The van der Waals surface area contributed by atoms with Crippen LogP contribution < -0.4 is 5.73 Å². The predicted octanol–water partition coefficient (Wildman–Crippen LogP) is -0.137. The van der Waals surface area contributed by atoms with Crippen molar-refractivity contribution in [2.75, 3.05) is 13.1 Å². The van der Waals surface area contributed by atoms with E-state index in [0.717, 1.165) is 24.9 Å². The molecule has 0 aliphatic carbocycles. The first kappa shape index (κ1) is 15.1. The van der Waals surface area contributed by atoms with Gasteiger partial charge in [-0.15, -0.1) is 5.10 Å². The number of carbonyl (C=O) groups excluding carboxylic acids is 2. The third kappa shape index (κ3) is 3.71. The van der Waals surface area contributed by atoms with Gasteiger partial charge in [0.2, 0.25) is 11.8 Å². The number of rotatable bonds is 5. The lowest BCUT2D eigenvalue weighted by Crippen LogP contribution is -2.32. The van der Waals surface area contributed by atoms with E-state index in [2.05, 4.69) is 15.5 Å². The molecule has 1 aliphatic rings. The van der Waals surface area contributed by atoms with Gasteiger partial charge in [-0.1, -0.05) is 12.1 Å². The van der Waals surface area contributed by atoms with Gasteiger partial charge in [0.25, 0.3) is 0 Å². The lowest BCUT2D eigenvalue weighted by Gasteiger charge is -2.16. The van der Waals surface area contributed by atoms with E-state index < -0.39 is 5.91 Å². The fourth-order valence-electron chi connectivity index (χ4n) is 2.90. The topological polar surface area (TPSA) is 107 Å². The van der Waals surface area contributed by atoms with Crippen LogP contribution in [0.2, 0.25) is 0 Å². The predicted molar refractivity (Wildman–Crippen MR) is 81.2 cm³/mol. The van der Waals surface area contributed by atoms with Gasteiger partial charge in [0.15, 0.2) is 0 Å². The molecule has 1 aromatic carbocycles. The standard InChI is InChI=1S/C15H18N6O2/c16-15(23)13-3-1-2-11(7-13)6-12-4-5-20(8-12)14(22)9-21-10-17-18-19-21/h1-3,7,10,12H,4-6,8-9H2,(H2,16,23)/t12-/m0/s1. The van der Waals surface area contributed by atoms with Gasteiger partial charge in [0.1, 0.15) is 12.9 Å². The number of nitrogens with zero attached hydrogens (tertiary/aromatic N) is 5. The monoisotopic (exact) mass is 314 g/mol. The minimum atomic E-state index is -0.420. The zero-order chi connectivity index (χ0) is 16.2. The second kappa shape index (κ2) is 6.55. The summed E-state index contributed by atoms with van der Waals surface area (Å²) in [5.74, 6) is -0.0156. The van der Waals surface area contributed by atoms with E-state index in [1.54, 1.807) is 6.07 Å². The van der Waals surface area contributed by atoms with E-state index in [0.29, 0.717) is 18.0 Å². The first-order chi connectivity index (χ1) is 11.1. The van der Waals surface area contributed by atoms with Gasteiger partial charge in [-0.05, 0) is 46.9 Å². The van der Waals surface area contributed by atoms with Crippen LogP contribution in [0.5, 0.6) is 0 Å². The summed E-state index contributed by atoms with van der Waals surface area (Å²) in [5, 5.41) is 10.7. The number of hydrogen-bond acceptors (Lipinski definition) is 5. The molecule has 8 heteroatoms. The number of primary amides is 1. The number of aromatic nitrogens is 4. The van der Waals surface area contributed by atoms with Crippen LogP contribution >= 0.6 is 0 Å². The molecule has 120 valence electrons. The van der Waals surface area contributed by atoms with Crippen molar-refractivity contribution in [2.24, 2.45) is 11.7 Å². The largest absolute Gasteiger partial charge is 0.366 e. The van der Waals surface area contributed by atoms with Crippen molar-refractivity contribution in [1.29, 1.82) is 0 Å². The molecule has 1 aliphatic heterocycles. The molecular weight excluding hydrogens is 296 g/mol. The van der Waals surface area contributed by atoms with Crippen molar-refractivity contribution >= 4 is 11.8 Å². The van der Waals surface area contributed by atoms with Crippen LogP contribution in [0.3, 0.4) is 0 Å². The second-order valence-electron chi connectivity index (χ2n) is 5.77. The summed E-state index contributed by atoms with van der Waals surface area (Å²) in [6, 6.07) is 7.36. The molecule has 1 aromatic heterocycles. The Morgan fingerprint density at radius 2 is 2.22 bits per heavy atom. The molecule has 23 heavy (non-hydrogen) atoms. The fourth-order valence-corrected chi connectivity index (χ4v) is 2.90. The molecule has 0 saturated carbocycles. The van der Waals surface area contributed by atoms with Gasteiger partial charge in [-0.3, -0.25) is 9.59 Å². The highest BCUT2D eigenvalue weighted by Crippen LogP contribution is 2.21. The molecule has 2 aromatic rings. The maximum absolute atomic E-state index is 12.2. The summed E-state index contributed by atoms with van der Waals surface area (Å²) in [6.45, 7) is 1.61. The number of benzene rings is 1. The minimum absolute atomic E-state index is 0.0192. The van der Waals surface area contributed by atoms with Crippen molar-refractivity contribution in [2.45, 2.75) is 19.4 Å². The smallest absolute Gasteiger partial charge is 0.248 e. The lowest BCUT2D eigenvalue weighted by molar-refractivity contribution is -0.131. The Hall–Kier alpha value is -2.77. The molecule has 1 fully saturated rings. The van der Waals surface area contributed by atoms with Crippen molar-refractivity contribution in [1.82, 2.24) is 25.1 Å². The number of tetrazole rings is 1. The molecule has 0 radical (unpaired) electrons. The Morgan fingerprint density at radius 1 is 1.35 bits per heavy atom. The van der Waals surface area contributed by atoms with E-state index in [1.807, 2.05) is 23.1 Å². The van der Waals surface area contributed by atoms with Gasteiger partial charge in [-0.2, -0.15) is 0 Å². The second-order valence-corrected chi connectivity index (χ2v) is 5.77. The van der Waals surface area contributed by atoms with E-state index in [-0.39, 0.29) is 12.5 Å². The van der Waals surface area contributed by atoms with Crippen LogP contribution in [-0.2, 0) is 17.8 Å². The molecular formula is C15H18N6O2. The molecule has 3 rings (SSSR count). The average molecular weight is 314 g/mol. The van der Waals surface area contributed by atoms with E-state index in [9.17, 15) is 9.59 Å². The molecule has 2 heterocycles. The quantitative estimate of drug-likeness (QED) is 0.827. The van der Waals surface area contributed by atoms with Crippen LogP contribution in [0.25, 0.3) is 0 Å². The average Bonchev–Trinajstić information content (AvgIpc) is 3.19. The summed E-state index contributed by atoms with van der Waals surface area (Å²) in [4.78, 5) is 25.3. The Balaban J connectivity index is 1.56. The van der Waals surface area contributed by atoms with Crippen molar-refractivity contribution in [3.05, 3.63) is 41.7 Å². The van der Waals surface area contributed by atoms with Gasteiger partial charge in [-0.25, -0.2) is 4.68 Å².